The number of nitrogens with zero attached hydrogens (tertiary/aromatic N) is 2. The largest absolute Gasteiger partial charge is 0.457 e. The van der Waals surface area contributed by atoms with Crippen molar-refractivity contribution in [2.24, 2.45) is 0 Å². The van der Waals surface area contributed by atoms with Crippen molar-refractivity contribution < 1.29 is 28.0 Å². The predicted molar refractivity (Wildman–Crippen MR) is 139 cm³/mol. The third-order valence-corrected chi connectivity index (χ3v) is 6.44. The molecule has 0 aliphatic heterocycles. The van der Waals surface area contributed by atoms with Gasteiger partial charge in [0, 0.05) is 13.8 Å². The highest BCUT2D eigenvalue weighted by atomic mass is 16.5. The standard InChI is InChI=1S/C14H30NO2.C13H28NO2/c1-6-9-11-15(8-3,10-7-2)12-13(4)17-14(5)16;1-6-9-14(8-3,10-7-2)11-12(4)16-13(5)15/h13H,6-12H2,1-5H3;12H,6-11H2,1-5H3/q2*+1. The fourth-order valence-electron chi connectivity index (χ4n) is 5.13. The summed E-state index contributed by atoms with van der Waals surface area (Å²) in [4.78, 5) is 21.9. The van der Waals surface area contributed by atoms with E-state index in [1.54, 1.807) is 0 Å². The maximum absolute atomic E-state index is 11.0. The molecule has 0 bridgehead atoms. The first kappa shape index (κ1) is 34.0. The number of carbonyl (C=O) groups is 2. The first-order chi connectivity index (χ1) is 15.5. The van der Waals surface area contributed by atoms with E-state index >= 15 is 0 Å². The van der Waals surface area contributed by atoms with Gasteiger partial charge in [-0.3, -0.25) is 9.59 Å². The lowest BCUT2D eigenvalue weighted by molar-refractivity contribution is -0.929. The van der Waals surface area contributed by atoms with E-state index in [0.29, 0.717) is 0 Å². The highest BCUT2D eigenvalue weighted by molar-refractivity contribution is 5.66. The molecule has 0 aliphatic carbocycles. The number of hydrogen-bond acceptors (Lipinski definition) is 4. The molecular weight excluding hydrogens is 416 g/mol. The molecule has 0 aliphatic rings. The van der Waals surface area contributed by atoms with Crippen LogP contribution >= 0.6 is 0 Å². The van der Waals surface area contributed by atoms with Crippen LogP contribution in [0.3, 0.4) is 0 Å². The summed E-state index contributed by atoms with van der Waals surface area (Å²) in [6.07, 6.45) is 6.07. The predicted octanol–water partition coefficient (Wildman–Crippen LogP) is 5.58. The number of ether oxygens (including phenoxy) is 2. The molecule has 0 heterocycles. The molecule has 0 aromatic carbocycles. The first-order valence-electron chi connectivity index (χ1n) is 13.5. The average molecular weight is 475 g/mol. The van der Waals surface area contributed by atoms with Crippen molar-refractivity contribution in [3.05, 3.63) is 0 Å². The van der Waals surface area contributed by atoms with E-state index < -0.39 is 0 Å². The summed E-state index contributed by atoms with van der Waals surface area (Å²) in [5.41, 5.74) is 0. The molecule has 3 unspecified atom stereocenters. The summed E-state index contributed by atoms with van der Waals surface area (Å²) < 4.78 is 12.7. The van der Waals surface area contributed by atoms with Gasteiger partial charge in [0.05, 0.1) is 39.3 Å². The molecule has 6 nitrogen and oxygen atoms in total. The summed E-state index contributed by atoms with van der Waals surface area (Å²) in [6, 6.07) is 0. The summed E-state index contributed by atoms with van der Waals surface area (Å²) in [7, 11) is 0. The second-order valence-electron chi connectivity index (χ2n) is 9.77. The number of likely N-dealkylation sites (N-methyl/N-ethyl adjacent to an activating group) is 2. The van der Waals surface area contributed by atoms with Gasteiger partial charge in [-0.15, -0.1) is 0 Å². The van der Waals surface area contributed by atoms with Crippen LogP contribution in [-0.2, 0) is 19.1 Å². The Morgan fingerprint density at radius 3 is 1.18 bits per heavy atom. The second kappa shape index (κ2) is 19.2. The Balaban J connectivity index is 0. The van der Waals surface area contributed by atoms with Gasteiger partial charge < -0.3 is 18.4 Å². The Bertz CT molecular complexity index is 506. The van der Waals surface area contributed by atoms with E-state index in [-0.39, 0.29) is 24.1 Å². The summed E-state index contributed by atoms with van der Waals surface area (Å²) in [5, 5.41) is 0. The molecule has 0 saturated carbocycles. The number of esters is 2. The molecule has 0 fully saturated rings. The van der Waals surface area contributed by atoms with Crippen LogP contribution in [0.15, 0.2) is 0 Å². The van der Waals surface area contributed by atoms with Crippen molar-refractivity contribution >= 4 is 11.9 Å². The fraction of sp³-hybridized carbons (Fsp3) is 0.926. The first-order valence-corrected chi connectivity index (χ1v) is 13.5. The zero-order chi connectivity index (χ0) is 25.9. The summed E-state index contributed by atoms with van der Waals surface area (Å²) in [5.74, 6) is -0.339. The Morgan fingerprint density at radius 1 is 0.606 bits per heavy atom. The third-order valence-electron chi connectivity index (χ3n) is 6.44. The van der Waals surface area contributed by atoms with Crippen molar-refractivity contribution in [1.29, 1.82) is 0 Å². The van der Waals surface area contributed by atoms with Crippen LogP contribution in [0.25, 0.3) is 0 Å². The maximum Gasteiger partial charge on any atom is 0.303 e. The van der Waals surface area contributed by atoms with E-state index in [4.69, 9.17) is 9.47 Å². The van der Waals surface area contributed by atoms with E-state index in [9.17, 15) is 9.59 Å². The van der Waals surface area contributed by atoms with Gasteiger partial charge in [0.25, 0.3) is 0 Å². The molecule has 0 N–H and O–H groups in total. The molecule has 0 saturated heterocycles. The smallest absolute Gasteiger partial charge is 0.303 e. The lowest BCUT2D eigenvalue weighted by Gasteiger charge is -2.39. The highest BCUT2D eigenvalue weighted by Crippen LogP contribution is 2.14. The summed E-state index contributed by atoms with van der Waals surface area (Å²) in [6.45, 7) is 29.2. The minimum atomic E-state index is -0.172. The Hall–Kier alpha value is -1.14. The zero-order valence-corrected chi connectivity index (χ0v) is 23.9. The van der Waals surface area contributed by atoms with Gasteiger partial charge in [0.2, 0.25) is 0 Å². The van der Waals surface area contributed by atoms with E-state index in [0.717, 1.165) is 35.1 Å². The summed E-state index contributed by atoms with van der Waals surface area (Å²) >= 11 is 0. The van der Waals surface area contributed by atoms with E-state index in [1.165, 1.54) is 72.1 Å². The van der Waals surface area contributed by atoms with Crippen molar-refractivity contribution in [1.82, 2.24) is 0 Å². The van der Waals surface area contributed by atoms with Crippen LogP contribution in [0.5, 0.6) is 0 Å². The number of carbonyl (C=O) groups excluding carboxylic acids is 2. The molecule has 0 aromatic heterocycles. The molecular formula is C27H58N2O4+2. The number of hydrogen-bond donors (Lipinski definition) is 0. The van der Waals surface area contributed by atoms with Crippen molar-refractivity contribution in [2.75, 3.05) is 52.4 Å². The minimum absolute atomic E-state index is 0.0237. The fourth-order valence-corrected chi connectivity index (χ4v) is 5.13. The molecule has 6 heteroatoms. The van der Waals surface area contributed by atoms with Crippen molar-refractivity contribution in [2.45, 2.75) is 114 Å². The number of unbranched alkanes of at least 4 members (excludes halogenated alkanes) is 1. The highest BCUT2D eigenvalue weighted by Gasteiger charge is 2.28. The van der Waals surface area contributed by atoms with Crippen molar-refractivity contribution in [3.63, 3.8) is 0 Å². The lowest BCUT2D eigenvalue weighted by atomic mass is 10.2. The van der Waals surface area contributed by atoms with Gasteiger partial charge in [-0.05, 0) is 53.4 Å². The van der Waals surface area contributed by atoms with Crippen LogP contribution in [0.1, 0.15) is 101 Å². The Labute approximate surface area is 206 Å². The second-order valence-corrected chi connectivity index (χ2v) is 9.77. The maximum atomic E-state index is 11.0. The lowest BCUT2D eigenvalue weighted by Crippen LogP contribution is -2.53. The molecule has 198 valence electrons. The Morgan fingerprint density at radius 2 is 0.939 bits per heavy atom. The van der Waals surface area contributed by atoms with Crippen LogP contribution in [-0.4, -0.2) is 85.5 Å². The van der Waals surface area contributed by atoms with Gasteiger partial charge in [0.1, 0.15) is 25.3 Å². The zero-order valence-electron chi connectivity index (χ0n) is 23.9. The molecule has 0 spiro atoms. The number of quaternary nitrogens is 2. The minimum Gasteiger partial charge on any atom is -0.457 e. The normalized spacial score (nSPS) is 15.0. The van der Waals surface area contributed by atoms with Gasteiger partial charge in [-0.25, -0.2) is 0 Å². The van der Waals surface area contributed by atoms with Gasteiger partial charge in [-0.2, -0.15) is 0 Å². The van der Waals surface area contributed by atoms with Crippen molar-refractivity contribution in [3.8, 4) is 0 Å². The SMILES string of the molecule is CCCC[N+](CC)(CCC)CC(C)OC(C)=O.CCC[N+](CC)(CCC)CC(C)OC(C)=O. The van der Waals surface area contributed by atoms with E-state index in [1.807, 2.05) is 13.8 Å². The topological polar surface area (TPSA) is 52.6 Å². The monoisotopic (exact) mass is 474 g/mol. The molecule has 0 amide bonds. The quantitative estimate of drug-likeness (QED) is 0.204. The van der Waals surface area contributed by atoms with Crippen LogP contribution < -0.4 is 0 Å². The third kappa shape index (κ3) is 16.2. The van der Waals surface area contributed by atoms with Gasteiger partial charge in [0.15, 0.2) is 0 Å². The Kier molecular flexibility index (Phi) is 19.8. The van der Waals surface area contributed by atoms with Crippen LogP contribution in [0, 0.1) is 0 Å². The number of rotatable bonds is 17. The van der Waals surface area contributed by atoms with Gasteiger partial charge in [-0.1, -0.05) is 34.1 Å². The molecule has 0 aromatic rings. The average Bonchev–Trinajstić information content (AvgIpc) is 2.71. The van der Waals surface area contributed by atoms with Crippen LogP contribution in [0.4, 0.5) is 0 Å². The van der Waals surface area contributed by atoms with E-state index in [2.05, 4.69) is 41.5 Å². The molecule has 33 heavy (non-hydrogen) atoms. The molecule has 0 radical (unpaired) electrons. The molecule has 3 atom stereocenters. The van der Waals surface area contributed by atoms with Gasteiger partial charge >= 0.3 is 11.9 Å². The van der Waals surface area contributed by atoms with Crippen LogP contribution in [0.2, 0.25) is 0 Å². The molecule has 0 rings (SSSR count).